The largest absolute Gasteiger partial charge is 0.493 e. The van der Waals surface area contributed by atoms with Crippen LogP contribution in [0.3, 0.4) is 0 Å². The number of benzene rings is 2. The third kappa shape index (κ3) is 5.23. The molecule has 2 aromatic carbocycles. The Morgan fingerprint density at radius 1 is 1.00 bits per heavy atom. The number of hydrogen-bond donors (Lipinski definition) is 1. The summed E-state index contributed by atoms with van der Waals surface area (Å²) in [5, 5.41) is 4.14. The molecule has 1 aliphatic heterocycles. The molecule has 6 heteroatoms. The average molecular weight is 465 g/mol. The second-order valence-electron chi connectivity index (χ2n) is 8.28. The molecule has 4 rings (SSSR count). The van der Waals surface area contributed by atoms with Gasteiger partial charge in [0.1, 0.15) is 5.00 Å². The fourth-order valence-electron chi connectivity index (χ4n) is 4.48. The highest BCUT2D eigenvalue weighted by Gasteiger charge is 2.29. The first-order valence-electron chi connectivity index (χ1n) is 11.6. The zero-order valence-corrected chi connectivity index (χ0v) is 20.4. The summed E-state index contributed by atoms with van der Waals surface area (Å²) >= 11 is 1.67. The van der Waals surface area contributed by atoms with Gasteiger partial charge in [0.25, 0.3) is 5.91 Å². The smallest absolute Gasteiger partial charge is 0.256 e. The van der Waals surface area contributed by atoms with Gasteiger partial charge in [-0.15, -0.1) is 11.3 Å². The number of aryl methyl sites for hydroxylation is 1. The van der Waals surface area contributed by atoms with Crippen molar-refractivity contribution in [2.45, 2.75) is 38.6 Å². The minimum absolute atomic E-state index is 0.0349. The SMILES string of the molecule is CCc1cc([C@H](c2ccc(OC)c(OC)c2)N2CCCCC2)c(NC(=O)c2ccccc2)s1. The number of thiophene rings is 1. The summed E-state index contributed by atoms with van der Waals surface area (Å²) in [5.74, 6) is 1.36. The van der Waals surface area contributed by atoms with E-state index in [-0.39, 0.29) is 11.9 Å². The highest BCUT2D eigenvalue weighted by Crippen LogP contribution is 2.42. The molecule has 1 aliphatic rings. The minimum Gasteiger partial charge on any atom is -0.493 e. The lowest BCUT2D eigenvalue weighted by molar-refractivity contribution is 0.102. The molecule has 3 aromatic rings. The van der Waals surface area contributed by atoms with Gasteiger partial charge < -0.3 is 14.8 Å². The standard InChI is InChI=1S/C27H32N2O3S/c1-4-21-18-22(27(33-21)28-26(30)19-11-7-5-8-12-19)25(29-15-9-6-10-16-29)20-13-14-23(31-2)24(17-20)32-3/h5,7-8,11-14,17-18,25H,4,6,9-10,15-16H2,1-3H3,(H,28,30)/t25-/m0/s1. The fourth-order valence-corrected chi connectivity index (χ4v) is 5.51. The molecule has 1 N–H and O–H groups in total. The van der Waals surface area contributed by atoms with E-state index < -0.39 is 0 Å². The molecule has 1 saturated heterocycles. The Labute approximate surface area is 200 Å². The van der Waals surface area contributed by atoms with Crippen molar-refractivity contribution in [1.29, 1.82) is 0 Å². The van der Waals surface area contributed by atoms with Gasteiger partial charge in [0.05, 0.1) is 20.3 Å². The lowest BCUT2D eigenvalue weighted by atomic mass is 9.95. The number of amides is 1. The van der Waals surface area contributed by atoms with Crippen LogP contribution in [-0.4, -0.2) is 38.1 Å². The summed E-state index contributed by atoms with van der Waals surface area (Å²) in [6, 6.07) is 17.9. The predicted octanol–water partition coefficient (Wildman–Crippen LogP) is 6.16. The van der Waals surface area contributed by atoms with Crippen LogP contribution in [-0.2, 0) is 6.42 Å². The molecule has 1 atom stereocenters. The van der Waals surface area contributed by atoms with Crippen molar-refractivity contribution in [3.8, 4) is 11.5 Å². The minimum atomic E-state index is -0.0777. The first-order valence-corrected chi connectivity index (χ1v) is 12.4. The maximum absolute atomic E-state index is 13.0. The number of rotatable bonds is 8. The molecule has 0 saturated carbocycles. The van der Waals surface area contributed by atoms with Crippen LogP contribution in [0.1, 0.15) is 58.6 Å². The van der Waals surface area contributed by atoms with Gasteiger partial charge in [-0.05, 0) is 68.2 Å². The fraction of sp³-hybridized carbons (Fsp3) is 0.370. The van der Waals surface area contributed by atoms with E-state index in [0.29, 0.717) is 5.56 Å². The van der Waals surface area contributed by atoms with Gasteiger partial charge in [0.15, 0.2) is 11.5 Å². The molecular formula is C27H32N2O3S. The van der Waals surface area contributed by atoms with Crippen LogP contribution in [0.25, 0.3) is 0 Å². The number of carbonyl (C=O) groups excluding carboxylic acids is 1. The highest BCUT2D eigenvalue weighted by molar-refractivity contribution is 7.16. The molecule has 2 heterocycles. The van der Waals surface area contributed by atoms with Gasteiger partial charge in [-0.2, -0.15) is 0 Å². The van der Waals surface area contributed by atoms with Crippen LogP contribution in [0.15, 0.2) is 54.6 Å². The molecule has 1 aromatic heterocycles. The summed E-state index contributed by atoms with van der Waals surface area (Å²) < 4.78 is 11.1. The number of likely N-dealkylation sites (tertiary alicyclic amines) is 1. The van der Waals surface area contributed by atoms with E-state index in [1.807, 2.05) is 36.4 Å². The van der Waals surface area contributed by atoms with Crippen molar-refractivity contribution >= 4 is 22.2 Å². The number of piperidine rings is 1. The van der Waals surface area contributed by atoms with E-state index in [0.717, 1.165) is 47.1 Å². The van der Waals surface area contributed by atoms with E-state index in [2.05, 4.69) is 35.3 Å². The normalized spacial score (nSPS) is 15.1. The zero-order valence-electron chi connectivity index (χ0n) is 19.6. The Bertz CT molecular complexity index is 1070. The van der Waals surface area contributed by atoms with Crippen molar-refractivity contribution < 1.29 is 14.3 Å². The van der Waals surface area contributed by atoms with Gasteiger partial charge in [0, 0.05) is 16.0 Å². The molecule has 0 radical (unpaired) electrons. The predicted molar refractivity (Wildman–Crippen MR) is 135 cm³/mol. The maximum Gasteiger partial charge on any atom is 0.256 e. The Morgan fingerprint density at radius 3 is 2.39 bits per heavy atom. The highest BCUT2D eigenvalue weighted by atomic mass is 32.1. The Balaban J connectivity index is 1.77. The first-order chi connectivity index (χ1) is 16.1. The monoisotopic (exact) mass is 464 g/mol. The van der Waals surface area contributed by atoms with Crippen LogP contribution in [0, 0.1) is 0 Å². The zero-order chi connectivity index (χ0) is 23.2. The molecule has 33 heavy (non-hydrogen) atoms. The summed E-state index contributed by atoms with van der Waals surface area (Å²) in [5.41, 5.74) is 2.95. The van der Waals surface area contributed by atoms with Crippen molar-refractivity contribution in [2.75, 3.05) is 32.6 Å². The number of methoxy groups -OCH3 is 2. The second-order valence-corrected chi connectivity index (χ2v) is 9.42. The lowest BCUT2D eigenvalue weighted by Gasteiger charge is -2.35. The maximum atomic E-state index is 13.0. The third-order valence-corrected chi connectivity index (χ3v) is 7.41. The summed E-state index contributed by atoms with van der Waals surface area (Å²) in [7, 11) is 3.33. The van der Waals surface area contributed by atoms with Crippen molar-refractivity contribution in [2.24, 2.45) is 0 Å². The molecule has 0 aliphatic carbocycles. The molecule has 0 unspecified atom stereocenters. The van der Waals surface area contributed by atoms with Gasteiger partial charge in [-0.25, -0.2) is 0 Å². The number of carbonyl (C=O) groups is 1. The third-order valence-electron chi connectivity index (χ3n) is 6.20. The molecule has 5 nitrogen and oxygen atoms in total. The molecule has 1 amide bonds. The van der Waals surface area contributed by atoms with E-state index in [4.69, 9.17) is 9.47 Å². The Hall–Kier alpha value is -2.83. The van der Waals surface area contributed by atoms with Crippen molar-refractivity contribution in [3.05, 3.63) is 76.2 Å². The average Bonchev–Trinajstić information content (AvgIpc) is 3.27. The number of hydrogen-bond acceptors (Lipinski definition) is 5. The van der Waals surface area contributed by atoms with Crippen LogP contribution in [0.4, 0.5) is 5.00 Å². The van der Waals surface area contributed by atoms with Crippen LogP contribution < -0.4 is 14.8 Å². The molecule has 174 valence electrons. The topological polar surface area (TPSA) is 50.8 Å². The molecule has 1 fully saturated rings. The Kier molecular flexibility index (Phi) is 7.68. The molecule has 0 spiro atoms. The summed E-state index contributed by atoms with van der Waals surface area (Å²) in [4.78, 5) is 16.8. The van der Waals surface area contributed by atoms with E-state index in [9.17, 15) is 4.79 Å². The van der Waals surface area contributed by atoms with Gasteiger partial charge in [-0.1, -0.05) is 37.6 Å². The van der Waals surface area contributed by atoms with E-state index in [1.54, 1.807) is 25.6 Å². The number of anilines is 1. The van der Waals surface area contributed by atoms with Crippen molar-refractivity contribution in [3.63, 3.8) is 0 Å². The van der Waals surface area contributed by atoms with Crippen LogP contribution in [0.2, 0.25) is 0 Å². The summed E-state index contributed by atoms with van der Waals surface area (Å²) in [6.45, 7) is 4.22. The lowest BCUT2D eigenvalue weighted by Crippen LogP contribution is -2.34. The van der Waals surface area contributed by atoms with E-state index in [1.165, 1.54) is 24.1 Å². The number of nitrogens with zero attached hydrogens (tertiary/aromatic N) is 1. The quantitative estimate of drug-likeness (QED) is 0.434. The first kappa shape index (κ1) is 23.3. The molecular weight excluding hydrogens is 432 g/mol. The second kappa shape index (κ2) is 10.9. The van der Waals surface area contributed by atoms with Gasteiger partial charge in [0.2, 0.25) is 0 Å². The van der Waals surface area contributed by atoms with Gasteiger partial charge in [-0.3, -0.25) is 9.69 Å². The van der Waals surface area contributed by atoms with Crippen molar-refractivity contribution in [1.82, 2.24) is 4.90 Å². The van der Waals surface area contributed by atoms with Gasteiger partial charge >= 0.3 is 0 Å². The molecule has 0 bridgehead atoms. The van der Waals surface area contributed by atoms with Crippen LogP contribution in [0.5, 0.6) is 11.5 Å². The van der Waals surface area contributed by atoms with Crippen LogP contribution >= 0.6 is 11.3 Å². The summed E-state index contributed by atoms with van der Waals surface area (Å²) in [6.07, 6.45) is 4.55. The van der Waals surface area contributed by atoms with E-state index >= 15 is 0 Å². The number of ether oxygens (including phenoxy) is 2. The number of nitrogens with one attached hydrogen (secondary N) is 1. The Morgan fingerprint density at radius 2 is 1.73 bits per heavy atom.